The van der Waals surface area contributed by atoms with Gasteiger partial charge in [0.05, 0.1) is 7.11 Å². The number of rotatable bonds is 6. The van der Waals surface area contributed by atoms with Crippen molar-refractivity contribution in [3.8, 4) is 5.75 Å². The Hall–Kier alpha value is -1.07. The Kier molecular flexibility index (Phi) is 5.87. The summed E-state index contributed by atoms with van der Waals surface area (Å²) in [4.78, 5) is 0.307. The summed E-state index contributed by atoms with van der Waals surface area (Å²) in [6.07, 6.45) is 6.17. The van der Waals surface area contributed by atoms with Crippen LogP contribution in [0.15, 0.2) is 23.1 Å². The summed E-state index contributed by atoms with van der Waals surface area (Å²) >= 11 is 0. The van der Waals surface area contributed by atoms with Crippen molar-refractivity contribution in [1.29, 1.82) is 0 Å². The van der Waals surface area contributed by atoms with E-state index in [4.69, 9.17) is 4.74 Å². The number of sulfonamides is 1. The van der Waals surface area contributed by atoms with Crippen molar-refractivity contribution in [3.05, 3.63) is 23.8 Å². The predicted molar refractivity (Wildman–Crippen MR) is 88.8 cm³/mol. The molecule has 1 aromatic carbocycles. The summed E-state index contributed by atoms with van der Waals surface area (Å²) < 4.78 is 33.3. The van der Waals surface area contributed by atoms with Gasteiger partial charge in [-0.15, -0.1) is 0 Å². The van der Waals surface area contributed by atoms with Gasteiger partial charge in [0.15, 0.2) is 0 Å². The van der Waals surface area contributed by atoms with E-state index in [9.17, 15) is 8.42 Å². The zero-order chi connectivity index (χ0) is 16.2. The van der Waals surface area contributed by atoms with Gasteiger partial charge in [0, 0.05) is 12.6 Å². The number of aryl methyl sites for hydroxylation is 1. The molecule has 0 saturated heterocycles. The Morgan fingerprint density at radius 1 is 1.18 bits per heavy atom. The van der Waals surface area contributed by atoms with Gasteiger partial charge in [-0.2, -0.15) is 4.31 Å². The Labute approximate surface area is 134 Å². The average Bonchev–Trinajstić information content (AvgIpc) is 2.55. The molecule has 1 aliphatic rings. The molecule has 0 radical (unpaired) electrons. The average molecular weight is 325 g/mol. The van der Waals surface area contributed by atoms with Gasteiger partial charge in [-0.25, -0.2) is 8.42 Å². The molecule has 1 aliphatic carbocycles. The van der Waals surface area contributed by atoms with Crippen LogP contribution in [0.5, 0.6) is 5.75 Å². The third-order valence-electron chi connectivity index (χ3n) is 4.52. The lowest BCUT2D eigenvalue weighted by atomic mass is 9.95. The quantitative estimate of drug-likeness (QED) is 0.803. The van der Waals surface area contributed by atoms with E-state index in [0.717, 1.165) is 37.7 Å². The van der Waals surface area contributed by atoms with Gasteiger partial charge in [0.1, 0.15) is 10.6 Å². The van der Waals surface area contributed by atoms with Gasteiger partial charge in [0.25, 0.3) is 0 Å². The molecule has 22 heavy (non-hydrogen) atoms. The lowest BCUT2D eigenvalue weighted by Crippen LogP contribution is -2.41. The smallest absolute Gasteiger partial charge is 0.247 e. The van der Waals surface area contributed by atoms with Crippen molar-refractivity contribution in [1.82, 2.24) is 4.31 Å². The molecule has 2 rings (SSSR count). The maximum Gasteiger partial charge on any atom is 0.247 e. The Balaban J connectivity index is 2.42. The van der Waals surface area contributed by atoms with Gasteiger partial charge < -0.3 is 4.74 Å². The summed E-state index contributed by atoms with van der Waals surface area (Å²) in [7, 11) is -1.99. The maximum atomic E-state index is 13.2. The van der Waals surface area contributed by atoms with Crippen molar-refractivity contribution in [2.75, 3.05) is 13.7 Å². The minimum atomic E-state index is -3.52. The second-order valence-corrected chi connectivity index (χ2v) is 7.70. The SMILES string of the molecule is CCc1ccc(OC)c(S(=O)(=O)N(CC)C2CCCCC2)c1. The first-order valence-corrected chi connectivity index (χ1v) is 9.67. The topological polar surface area (TPSA) is 46.6 Å². The van der Waals surface area contributed by atoms with Gasteiger partial charge >= 0.3 is 0 Å². The molecule has 0 N–H and O–H groups in total. The van der Waals surface area contributed by atoms with Crippen molar-refractivity contribution < 1.29 is 13.2 Å². The number of ether oxygens (including phenoxy) is 1. The molecular weight excluding hydrogens is 298 g/mol. The molecule has 1 fully saturated rings. The van der Waals surface area contributed by atoms with Crippen LogP contribution in [0.1, 0.15) is 51.5 Å². The standard InChI is InChI=1S/C17H27NO3S/c1-4-14-11-12-16(21-3)17(13-14)22(19,20)18(5-2)15-9-7-6-8-10-15/h11-13,15H,4-10H2,1-3H3. The second kappa shape index (κ2) is 7.47. The number of benzene rings is 1. The molecule has 0 atom stereocenters. The summed E-state index contributed by atoms with van der Waals surface area (Å²) in [6.45, 7) is 4.45. The highest BCUT2D eigenvalue weighted by molar-refractivity contribution is 7.89. The van der Waals surface area contributed by atoms with E-state index in [1.54, 1.807) is 16.4 Å². The van der Waals surface area contributed by atoms with E-state index in [1.165, 1.54) is 13.5 Å². The lowest BCUT2D eigenvalue weighted by Gasteiger charge is -2.33. The van der Waals surface area contributed by atoms with Crippen molar-refractivity contribution in [2.24, 2.45) is 0 Å². The second-order valence-electron chi connectivity index (χ2n) is 5.84. The van der Waals surface area contributed by atoms with Gasteiger partial charge in [-0.3, -0.25) is 0 Å². The molecular formula is C17H27NO3S. The first-order chi connectivity index (χ1) is 10.5. The van der Waals surface area contributed by atoms with E-state index in [0.29, 0.717) is 17.2 Å². The largest absolute Gasteiger partial charge is 0.495 e. The van der Waals surface area contributed by atoms with Crippen molar-refractivity contribution >= 4 is 10.0 Å². The third kappa shape index (κ3) is 3.46. The molecule has 4 nitrogen and oxygen atoms in total. The highest BCUT2D eigenvalue weighted by Gasteiger charge is 2.33. The minimum absolute atomic E-state index is 0.124. The Morgan fingerprint density at radius 2 is 1.86 bits per heavy atom. The summed E-state index contributed by atoms with van der Waals surface area (Å²) in [5, 5.41) is 0. The predicted octanol–water partition coefficient (Wildman–Crippen LogP) is 3.60. The van der Waals surface area contributed by atoms with Gasteiger partial charge in [0.2, 0.25) is 10.0 Å². The number of hydrogen-bond donors (Lipinski definition) is 0. The molecule has 0 heterocycles. The van der Waals surface area contributed by atoms with Crippen LogP contribution < -0.4 is 4.74 Å². The van der Waals surface area contributed by atoms with Crippen molar-refractivity contribution in [3.63, 3.8) is 0 Å². The number of nitrogens with zero attached hydrogens (tertiary/aromatic N) is 1. The van der Waals surface area contributed by atoms with Crippen molar-refractivity contribution in [2.45, 2.75) is 63.3 Å². The molecule has 1 saturated carbocycles. The summed E-state index contributed by atoms with van der Waals surface area (Å²) in [5.74, 6) is 0.437. The Bertz CT molecular complexity index is 592. The van der Waals surface area contributed by atoms with Crippen LogP contribution in [0.25, 0.3) is 0 Å². The fourth-order valence-electron chi connectivity index (χ4n) is 3.26. The molecule has 0 unspecified atom stereocenters. The number of hydrogen-bond acceptors (Lipinski definition) is 3. The van der Waals surface area contributed by atoms with Crippen LogP contribution in [0.2, 0.25) is 0 Å². The zero-order valence-electron chi connectivity index (χ0n) is 13.8. The van der Waals surface area contributed by atoms with Crippen LogP contribution in [-0.4, -0.2) is 32.4 Å². The first kappa shape index (κ1) is 17.3. The van der Waals surface area contributed by atoms with E-state index in [2.05, 4.69) is 0 Å². The van der Waals surface area contributed by atoms with Crippen LogP contribution in [0.3, 0.4) is 0 Å². The van der Waals surface area contributed by atoms with Crippen LogP contribution in [-0.2, 0) is 16.4 Å². The van der Waals surface area contributed by atoms with Gasteiger partial charge in [-0.1, -0.05) is 39.2 Å². The van der Waals surface area contributed by atoms with Crippen LogP contribution in [0.4, 0.5) is 0 Å². The van der Waals surface area contributed by atoms with E-state index in [-0.39, 0.29) is 6.04 Å². The summed E-state index contributed by atoms with van der Waals surface area (Å²) in [6, 6.07) is 5.58. The van der Waals surface area contributed by atoms with Crippen LogP contribution in [0, 0.1) is 0 Å². The molecule has 124 valence electrons. The molecule has 0 aromatic heterocycles. The van der Waals surface area contributed by atoms with E-state index in [1.807, 2.05) is 19.9 Å². The Morgan fingerprint density at radius 3 is 2.41 bits per heavy atom. The van der Waals surface area contributed by atoms with E-state index >= 15 is 0 Å². The molecule has 0 amide bonds. The molecule has 5 heteroatoms. The highest BCUT2D eigenvalue weighted by Crippen LogP contribution is 2.32. The molecule has 1 aromatic rings. The third-order valence-corrected chi connectivity index (χ3v) is 6.57. The monoisotopic (exact) mass is 325 g/mol. The summed E-state index contributed by atoms with van der Waals surface area (Å²) in [5.41, 5.74) is 1.01. The molecule has 0 spiro atoms. The fraction of sp³-hybridized carbons (Fsp3) is 0.647. The zero-order valence-corrected chi connectivity index (χ0v) is 14.7. The first-order valence-electron chi connectivity index (χ1n) is 8.23. The normalized spacial score (nSPS) is 16.9. The van der Waals surface area contributed by atoms with Gasteiger partial charge in [-0.05, 0) is 37.0 Å². The fourth-order valence-corrected chi connectivity index (χ4v) is 5.16. The molecule has 0 aliphatic heterocycles. The maximum absolute atomic E-state index is 13.2. The minimum Gasteiger partial charge on any atom is -0.495 e. The highest BCUT2D eigenvalue weighted by atomic mass is 32.2. The molecule has 0 bridgehead atoms. The lowest BCUT2D eigenvalue weighted by molar-refractivity contribution is 0.260. The van der Waals surface area contributed by atoms with Crippen LogP contribution >= 0.6 is 0 Å². The number of methoxy groups -OCH3 is 1. The van der Waals surface area contributed by atoms with E-state index < -0.39 is 10.0 Å².